The molecule has 124 valence electrons. The number of nitrogens with zero attached hydrogens (tertiary/aromatic N) is 1. The molecule has 0 fully saturated rings. The van der Waals surface area contributed by atoms with E-state index >= 15 is 0 Å². The molecule has 1 N–H and O–H groups in total. The molecule has 2 aromatic carbocycles. The number of aromatic nitrogens is 1. The number of aliphatic hydroxyl groups is 1. The maximum atomic E-state index is 13.5. The summed E-state index contributed by atoms with van der Waals surface area (Å²) < 4.78 is 31.6. The van der Waals surface area contributed by atoms with Crippen LogP contribution in [-0.4, -0.2) is 17.2 Å². The van der Waals surface area contributed by atoms with Crippen molar-refractivity contribution in [2.24, 2.45) is 0 Å². The fourth-order valence-corrected chi connectivity index (χ4v) is 3.21. The molecule has 1 heterocycles. The molecule has 0 saturated heterocycles. The molecule has 0 spiro atoms. The van der Waals surface area contributed by atoms with Gasteiger partial charge in [-0.1, -0.05) is 17.7 Å². The fourth-order valence-electron chi connectivity index (χ4n) is 2.19. The Morgan fingerprint density at radius 3 is 2.62 bits per heavy atom. The Bertz CT molecular complexity index is 885. The van der Waals surface area contributed by atoms with Crippen molar-refractivity contribution in [3.8, 4) is 17.0 Å². The summed E-state index contributed by atoms with van der Waals surface area (Å²) in [5.41, 5.74) is 1.68. The molecule has 0 aliphatic carbocycles. The minimum atomic E-state index is -1.02. The molecule has 0 aliphatic heterocycles. The molecule has 0 bridgehead atoms. The number of methoxy groups -OCH3 is 1. The summed E-state index contributed by atoms with van der Waals surface area (Å²) in [5.74, 6) is -0.961. The zero-order valence-electron chi connectivity index (χ0n) is 12.5. The van der Waals surface area contributed by atoms with Gasteiger partial charge in [0.05, 0.1) is 17.8 Å². The molecule has 1 unspecified atom stereocenters. The van der Waals surface area contributed by atoms with E-state index in [0.717, 1.165) is 0 Å². The number of thiazole rings is 1. The molecule has 7 heteroatoms. The summed E-state index contributed by atoms with van der Waals surface area (Å²) in [7, 11) is 1.36. The van der Waals surface area contributed by atoms with Gasteiger partial charge in [-0.25, -0.2) is 13.8 Å². The summed E-state index contributed by atoms with van der Waals surface area (Å²) >= 11 is 7.02. The van der Waals surface area contributed by atoms with Gasteiger partial charge in [0.15, 0.2) is 11.6 Å². The molecular weight excluding hydrogens is 356 g/mol. The molecule has 3 nitrogen and oxygen atoms in total. The van der Waals surface area contributed by atoms with E-state index in [4.69, 9.17) is 16.3 Å². The Hall–Kier alpha value is -2.02. The molecular formula is C17H12ClF2NO2S. The van der Waals surface area contributed by atoms with Gasteiger partial charge in [-0.3, -0.25) is 0 Å². The number of hydrogen-bond acceptors (Lipinski definition) is 4. The molecule has 0 aliphatic rings. The van der Waals surface area contributed by atoms with Crippen molar-refractivity contribution in [1.82, 2.24) is 4.98 Å². The smallest absolute Gasteiger partial charge is 0.165 e. The maximum absolute atomic E-state index is 13.5. The SMILES string of the molecule is COc1cc(C(O)c2nc(-c3ccc(F)c(Cl)c3)cs2)ccc1F. The van der Waals surface area contributed by atoms with Crippen LogP contribution in [0, 0.1) is 11.6 Å². The Morgan fingerprint density at radius 1 is 1.17 bits per heavy atom. The van der Waals surface area contributed by atoms with Crippen LogP contribution in [0.15, 0.2) is 41.8 Å². The lowest BCUT2D eigenvalue weighted by Crippen LogP contribution is -2.00. The highest BCUT2D eigenvalue weighted by molar-refractivity contribution is 7.10. The first-order chi connectivity index (χ1) is 11.5. The van der Waals surface area contributed by atoms with Crippen molar-refractivity contribution in [3.63, 3.8) is 0 Å². The monoisotopic (exact) mass is 367 g/mol. The highest BCUT2D eigenvalue weighted by atomic mass is 35.5. The molecule has 0 radical (unpaired) electrons. The third-order valence-corrected chi connectivity index (χ3v) is 4.65. The molecule has 24 heavy (non-hydrogen) atoms. The highest BCUT2D eigenvalue weighted by Gasteiger charge is 2.17. The Kier molecular flexibility index (Phi) is 4.80. The van der Waals surface area contributed by atoms with Gasteiger partial charge in [-0.05, 0) is 35.9 Å². The van der Waals surface area contributed by atoms with Gasteiger partial charge in [0, 0.05) is 10.9 Å². The lowest BCUT2D eigenvalue weighted by atomic mass is 10.1. The topological polar surface area (TPSA) is 42.4 Å². The Labute approximate surface area is 146 Å². The fraction of sp³-hybridized carbons (Fsp3) is 0.118. The second-order valence-corrected chi connectivity index (χ2v) is 6.29. The predicted octanol–water partition coefficient (Wildman–Crippen LogP) is 4.83. The van der Waals surface area contributed by atoms with Crippen molar-refractivity contribution in [1.29, 1.82) is 0 Å². The third-order valence-electron chi connectivity index (χ3n) is 3.46. The molecule has 0 amide bonds. The van der Waals surface area contributed by atoms with Crippen molar-refractivity contribution >= 4 is 22.9 Å². The number of benzene rings is 2. The van der Waals surface area contributed by atoms with Gasteiger partial charge >= 0.3 is 0 Å². The first-order valence-electron chi connectivity index (χ1n) is 6.92. The minimum absolute atomic E-state index is 0.00543. The van der Waals surface area contributed by atoms with E-state index in [0.29, 0.717) is 21.8 Å². The lowest BCUT2D eigenvalue weighted by molar-refractivity contribution is 0.219. The summed E-state index contributed by atoms with van der Waals surface area (Å²) in [4.78, 5) is 4.36. The number of aliphatic hydroxyl groups excluding tert-OH is 1. The predicted molar refractivity (Wildman–Crippen MR) is 89.5 cm³/mol. The summed E-state index contributed by atoms with van der Waals surface area (Å²) in [6.07, 6.45) is -1.02. The average molecular weight is 368 g/mol. The van der Waals surface area contributed by atoms with Crippen molar-refractivity contribution in [2.45, 2.75) is 6.10 Å². The van der Waals surface area contributed by atoms with E-state index < -0.39 is 17.7 Å². The molecule has 1 atom stereocenters. The second-order valence-electron chi connectivity index (χ2n) is 5.00. The average Bonchev–Trinajstić information content (AvgIpc) is 3.07. The van der Waals surface area contributed by atoms with Gasteiger partial charge in [0.1, 0.15) is 16.9 Å². The highest BCUT2D eigenvalue weighted by Crippen LogP contribution is 2.32. The molecule has 1 aromatic heterocycles. The minimum Gasteiger partial charge on any atom is -0.494 e. The van der Waals surface area contributed by atoms with Crippen LogP contribution in [-0.2, 0) is 0 Å². The number of rotatable bonds is 4. The third kappa shape index (κ3) is 3.26. The van der Waals surface area contributed by atoms with Gasteiger partial charge in [-0.2, -0.15) is 0 Å². The van der Waals surface area contributed by atoms with E-state index in [1.165, 1.54) is 48.8 Å². The van der Waals surface area contributed by atoms with Crippen LogP contribution >= 0.6 is 22.9 Å². The van der Waals surface area contributed by atoms with Crippen LogP contribution in [0.5, 0.6) is 5.75 Å². The molecule has 3 aromatic rings. The second kappa shape index (κ2) is 6.84. The van der Waals surface area contributed by atoms with Gasteiger partial charge in [0.25, 0.3) is 0 Å². The van der Waals surface area contributed by atoms with E-state index in [2.05, 4.69) is 4.98 Å². The normalized spacial score (nSPS) is 12.2. The van der Waals surface area contributed by atoms with Crippen LogP contribution in [0.3, 0.4) is 0 Å². The summed E-state index contributed by atoms with van der Waals surface area (Å²) in [6, 6.07) is 8.42. The van der Waals surface area contributed by atoms with Crippen LogP contribution in [0.2, 0.25) is 5.02 Å². The van der Waals surface area contributed by atoms with Crippen molar-refractivity contribution < 1.29 is 18.6 Å². The van der Waals surface area contributed by atoms with Crippen molar-refractivity contribution in [2.75, 3.05) is 7.11 Å². The zero-order chi connectivity index (χ0) is 17.3. The van der Waals surface area contributed by atoms with E-state index in [-0.39, 0.29) is 10.8 Å². The first-order valence-corrected chi connectivity index (χ1v) is 8.17. The zero-order valence-corrected chi connectivity index (χ0v) is 14.0. The lowest BCUT2D eigenvalue weighted by Gasteiger charge is -2.10. The standard InChI is InChI=1S/C17H12ClF2NO2S/c1-23-15-7-10(3-5-13(15)20)16(22)17-21-14(8-24-17)9-2-4-12(19)11(18)6-9/h2-8,16,22H,1H3. The number of ether oxygens (including phenoxy) is 1. The van der Waals surface area contributed by atoms with Crippen LogP contribution in [0.4, 0.5) is 8.78 Å². The van der Waals surface area contributed by atoms with Crippen LogP contribution < -0.4 is 4.74 Å². The van der Waals surface area contributed by atoms with E-state index in [1.807, 2.05) is 0 Å². The Morgan fingerprint density at radius 2 is 1.92 bits per heavy atom. The maximum Gasteiger partial charge on any atom is 0.165 e. The number of halogens is 3. The summed E-state index contributed by atoms with van der Waals surface area (Å²) in [5, 5.41) is 12.6. The molecule has 0 saturated carbocycles. The Balaban J connectivity index is 1.91. The van der Waals surface area contributed by atoms with Crippen molar-refractivity contribution in [3.05, 3.63) is 69.0 Å². The van der Waals surface area contributed by atoms with Crippen LogP contribution in [0.1, 0.15) is 16.7 Å². The summed E-state index contributed by atoms with van der Waals surface area (Å²) in [6.45, 7) is 0. The molecule has 3 rings (SSSR count). The van der Waals surface area contributed by atoms with Gasteiger partial charge in [-0.15, -0.1) is 11.3 Å². The van der Waals surface area contributed by atoms with E-state index in [1.54, 1.807) is 11.4 Å². The first kappa shape index (κ1) is 16.8. The number of hydrogen-bond donors (Lipinski definition) is 1. The van der Waals surface area contributed by atoms with E-state index in [9.17, 15) is 13.9 Å². The largest absolute Gasteiger partial charge is 0.494 e. The van der Waals surface area contributed by atoms with Gasteiger partial charge in [0.2, 0.25) is 0 Å². The van der Waals surface area contributed by atoms with Gasteiger partial charge < -0.3 is 9.84 Å². The quantitative estimate of drug-likeness (QED) is 0.718. The van der Waals surface area contributed by atoms with Crippen LogP contribution in [0.25, 0.3) is 11.3 Å².